The van der Waals surface area contributed by atoms with Crippen LogP contribution in [-0.4, -0.2) is 42.0 Å². The number of nitro groups is 1. The largest absolute Gasteiger partial charge is 0.383 e. The topological polar surface area (TPSA) is 72.7 Å². The molecule has 0 fully saturated rings. The average Bonchev–Trinajstić information content (AvgIpc) is 2.39. The number of carbonyl (C=O) groups is 1. The molecule has 1 amide bonds. The minimum Gasteiger partial charge on any atom is -0.383 e. The summed E-state index contributed by atoms with van der Waals surface area (Å²) in [5.74, 6) is -0.228. The number of carbonyl (C=O) groups excluding carboxylic acids is 1. The average molecular weight is 301 g/mol. The summed E-state index contributed by atoms with van der Waals surface area (Å²) in [5, 5.41) is 10.7. The summed E-state index contributed by atoms with van der Waals surface area (Å²) >= 11 is 5.82. The number of nitrogens with zero attached hydrogens (tertiary/aromatic N) is 2. The van der Waals surface area contributed by atoms with Crippen LogP contribution in [0, 0.1) is 10.1 Å². The highest BCUT2D eigenvalue weighted by atomic mass is 35.5. The molecule has 1 rings (SSSR count). The van der Waals surface area contributed by atoms with Gasteiger partial charge >= 0.3 is 0 Å². The quantitative estimate of drug-likeness (QED) is 0.598. The van der Waals surface area contributed by atoms with Crippen molar-refractivity contribution in [3.05, 3.63) is 38.9 Å². The van der Waals surface area contributed by atoms with Gasteiger partial charge < -0.3 is 9.64 Å². The van der Waals surface area contributed by atoms with Gasteiger partial charge in [0.2, 0.25) is 0 Å². The Bertz CT molecular complexity index is 507. The third kappa shape index (κ3) is 3.68. The zero-order valence-electron chi connectivity index (χ0n) is 11.6. The summed E-state index contributed by atoms with van der Waals surface area (Å²) in [5.41, 5.74) is 0.113. The molecule has 0 aromatic heterocycles. The van der Waals surface area contributed by atoms with E-state index in [0.717, 1.165) is 0 Å². The van der Waals surface area contributed by atoms with Crippen molar-refractivity contribution in [1.29, 1.82) is 0 Å². The zero-order valence-corrected chi connectivity index (χ0v) is 12.4. The molecule has 0 saturated carbocycles. The fourth-order valence-electron chi connectivity index (χ4n) is 1.94. The molecule has 110 valence electrons. The molecule has 0 heterocycles. The van der Waals surface area contributed by atoms with E-state index < -0.39 is 4.92 Å². The minimum absolute atomic E-state index is 0.0451. The number of hydrogen-bond donors (Lipinski definition) is 0. The standard InChI is InChI=1S/C13H17ClN2O4/c1-4-15(9(2)8-20-3)13(17)10-5-6-12(16(18)19)11(14)7-10/h5-7,9H,4,8H2,1-3H3. The van der Waals surface area contributed by atoms with E-state index in [1.165, 1.54) is 18.2 Å². The molecular weight excluding hydrogens is 284 g/mol. The number of halogens is 1. The highest BCUT2D eigenvalue weighted by Crippen LogP contribution is 2.25. The van der Waals surface area contributed by atoms with E-state index >= 15 is 0 Å². The predicted molar refractivity (Wildman–Crippen MR) is 76.2 cm³/mol. The summed E-state index contributed by atoms with van der Waals surface area (Å²) < 4.78 is 5.04. The van der Waals surface area contributed by atoms with Crippen molar-refractivity contribution in [3.8, 4) is 0 Å². The SMILES string of the molecule is CCN(C(=O)c1ccc([N+](=O)[O-])c(Cl)c1)C(C)COC. The number of hydrogen-bond acceptors (Lipinski definition) is 4. The predicted octanol–water partition coefficient (Wildman–Crippen LogP) is 2.75. The van der Waals surface area contributed by atoms with Crippen molar-refractivity contribution in [2.75, 3.05) is 20.3 Å². The first-order chi connectivity index (χ1) is 9.42. The Balaban J connectivity index is 3.01. The van der Waals surface area contributed by atoms with Gasteiger partial charge in [-0.1, -0.05) is 11.6 Å². The first-order valence-electron chi connectivity index (χ1n) is 6.16. The van der Waals surface area contributed by atoms with Crippen molar-refractivity contribution in [2.45, 2.75) is 19.9 Å². The van der Waals surface area contributed by atoms with Crippen molar-refractivity contribution < 1.29 is 14.5 Å². The molecule has 0 saturated heterocycles. The van der Waals surface area contributed by atoms with Crippen molar-refractivity contribution >= 4 is 23.2 Å². The number of amides is 1. The van der Waals surface area contributed by atoms with E-state index in [1.54, 1.807) is 12.0 Å². The van der Waals surface area contributed by atoms with E-state index in [-0.39, 0.29) is 22.7 Å². The third-order valence-electron chi connectivity index (χ3n) is 2.93. The van der Waals surface area contributed by atoms with Gasteiger partial charge in [-0.3, -0.25) is 14.9 Å². The van der Waals surface area contributed by atoms with Crippen molar-refractivity contribution in [1.82, 2.24) is 4.90 Å². The lowest BCUT2D eigenvalue weighted by Gasteiger charge is -2.27. The number of ether oxygens (including phenoxy) is 1. The second-order valence-electron chi connectivity index (χ2n) is 4.32. The maximum atomic E-state index is 12.4. The maximum absolute atomic E-state index is 12.4. The number of rotatable bonds is 6. The van der Waals surface area contributed by atoms with Gasteiger partial charge in [0.05, 0.1) is 17.6 Å². The molecule has 1 aromatic rings. The van der Waals surface area contributed by atoms with Gasteiger partial charge in [-0.15, -0.1) is 0 Å². The first-order valence-corrected chi connectivity index (χ1v) is 6.54. The van der Waals surface area contributed by atoms with Crippen LogP contribution < -0.4 is 0 Å². The maximum Gasteiger partial charge on any atom is 0.287 e. The van der Waals surface area contributed by atoms with Crippen LogP contribution in [0.5, 0.6) is 0 Å². The fourth-order valence-corrected chi connectivity index (χ4v) is 2.19. The highest BCUT2D eigenvalue weighted by molar-refractivity contribution is 6.33. The van der Waals surface area contributed by atoms with Gasteiger partial charge in [0.1, 0.15) is 5.02 Å². The summed E-state index contributed by atoms with van der Waals surface area (Å²) in [7, 11) is 1.57. The Morgan fingerprint density at radius 1 is 1.55 bits per heavy atom. The van der Waals surface area contributed by atoms with E-state index in [4.69, 9.17) is 16.3 Å². The molecule has 0 aliphatic carbocycles. The monoisotopic (exact) mass is 300 g/mol. The van der Waals surface area contributed by atoms with Crippen LogP contribution in [0.4, 0.5) is 5.69 Å². The van der Waals surface area contributed by atoms with Crippen LogP contribution in [0.3, 0.4) is 0 Å². The van der Waals surface area contributed by atoms with E-state index in [0.29, 0.717) is 18.7 Å². The normalized spacial score (nSPS) is 12.0. The molecule has 0 aliphatic rings. The van der Waals surface area contributed by atoms with Crippen LogP contribution in [0.1, 0.15) is 24.2 Å². The number of benzene rings is 1. The zero-order chi connectivity index (χ0) is 15.3. The van der Waals surface area contributed by atoms with Crippen LogP contribution in [0.2, 0.25) is 5.02 Å². The fraction of sp³-hybridized carbons (Fsp3) is 0.462. The molecule has 0 N–H and O–H groups in total. The number of methoxy groups -OCH3 is 1. The molecular formula is C13H17ClN2O4. The molecule has 0 spiro atoms. The Labute approximate surface area is 122 Å². The molecule has 0 radical (unpaired) electrons. The first kappa shape index (κ1) is 16.4. The molecule has 6 nitrogen and oxygen atoms in total. The van der Waals surface area contributed by atoms with Crippen LogP contribution in [0.15, 0.2) is 18.2 Å². The summed E-state index contributed by atoms with van der Waals surface area (Å²) in [6, 6.07) is 3.88. The van der Waals surface area contributed by atoms with Gasteiger partial charge in [-0.05, 0) is 26.0 Å². The van der Waals surface area contributed by atoms with Gasteiger partial charge in [0.25, 0.3) is 11.6 Å². The number of nitro benzene ring substituents is 1. The van der Waals surface area contributed by atoms with Crippen molar-refractivity contribution in [2.24, 2.45) is 0 Å². The molecule has 1 aromatic carbocycles. The van der Waals surface area contributed by atoms with Crippen LogP contribution in [0.25, 0.3) is 0 Å². The Kier molecular flexibility index (Phi) is 5.91. The Hall–Kier alpha value is -1.66. The van der Waals surface area contributed by atoms with Crippen LogP contribution >= 0.6 is 11.6 Å². The Morgan fingerprint density at radius 3 is 2.65 bits per heavy atom. The smallest absolute Gasteiger partial charge is 0.287 e. The molecule has 0 bridgehead atoms. The lowest BCUT2D eigenvalue weighted by molar-refractivity contribution is -0.384. The summed E-state index contributed by atoms with van der Waals surface area (Å²) in [4.78, 5) is 24.1. The second kappa shape index (κ2) is 7.21. The summed E-state index contributed by atoms with van der Waals surface area (Å²) in [6.07, 6.45) is 0. The third-order valence-corrected chi connectivity index (χ3v) is 3.24. The Morgan fingerprint density at radius 2 is 2.20 bits per heavy atom. The lowest BCUT2D eigenvalue weighted by Crippen LogP contribution is -2.40. The van der Waals surface area contributed by atoms with Gasteiger partial charge in [0, 0.05) is 25.3 Å². The molecule has 1 atom stereocenters. The van der Waals surface area contributed by atoms with E-state index in [2.05, 4.69) is 0 Å². The van der Waals surface area contributed by atoms with Gasteiger partial charge in [-0.25, -0.2) is 0 Å². The van der Waals surface area contributed by atoms with E-state index in [1.807, 2.05) is 13.8 Å². The summed E-state index contributed by atoms with van der Waals surface area (Å²) in [6.45, 7) is 4.66. The minimum atomic E-state index is -0.582. The number of likely N-dealkylation sites (N-methyl/N-ethyl adjacent to an activating group) is 1. The molecule has 0 aliphatic heterocycles. The van der Waals surface area contributed by atoms with Gasteiger partial charge in [-0.2, -0.15) is 0 Å². The molecule has 20 heavy (non-hydrogen) atoms. The second-order valence-corrected chi connectivity index (χ2v) is 4.73. The van der Waals surface area contributed by atoms with Crippen LogP contribution in [-0.2, 0) is 4.74 Å². The van der Waals surface area contributed by atoms with Gasteiger partial charge in [0.15, 0.2) is 0 Å². The highest BCUT2D eigenvalue weighted by Gasteiger charge is 2.22. The van der Waals surface area contributed by atoms with Crippen molar-refractivity contribution in [3.63, 3.8) is 0 Å². The van der Waals surface area contributed by atoms with E-state index in [9.17, 15) is 14.9 Å². The molecule has 1 unspecified atom stereocenters. The molecule has 7 heteroatoms. The lowest BCUT2D eigenvalue weighted by atomic mass is 10.1.